The average Bonchev–Trinajstić information content (AvgIpc) is 2.65. The van der Waals surface area contributed by atoms with E-state index >= 15 is 0 Å². The van der Waals surface area contributed by atoms with E-state index in [2.05, 4.69) is 5.32 Å². The first kappa shape index (κ1) is 10.4. The molecule has 2 rings (SSSR count). The fourth-order valence-electron chi connectivity index (χ4n) is 2.09. The summed E-state index contributed by atoms with van der Waals surface area (Å²) in [6.07, 6.45) is 1.67. The second-order valence-corrected chi connectivity index (χ2v) is 4.26. The van der Waals surface area contributed by atoms with E-state index in [1.54, 1.807) is 4.90 Å². The van der Waals surface area contributed by atoms with Gasteiger partial charge in [-0.05, 0) is 19.8 Å². The van der Waals surface area contributed by atoms with Gasteiger partial charge in [-0.3, -0.25) is 9.59 Å². The molecule has 0 aliphatic carbocycles. The zero-order valence-electron chi connectivity index (χ0n) is 8.91. The molecule has 2 saturated heterocycles. The quantitative estimate of drug-likeness (QED) is 0.638. The minimum atomic E-state index is -0.697. The van der Waals surface area contributed by atoms with Crippen molar-refractivity contribution < 1.29 is 14.3 Å². The summed E-state index contributed by atoms with van der Waals surface area (Å²) in [6, 6.07) is 0. The molecule has 0 aromatic rings. The maximum atomic E-state index is 12.1. The number of carbonyl (C=O) groups is 2. The lowest BCUT2D eigenvalue weighted by Crippen LogP contribution is -2.55. The maximum absolute atomic E-state index is 12.1. The van der Waals surface area contributed by atoms with Crippen LogP contribution >= 0.6 is 0 Å². The molecular formula is C10H16N2O3. The number of carbonyl (C=O) groups excluding carboxylic acids is 2. The van der Waals surface area contributed by atoms with Crippen LogP contribution in [0.15, 0.2) is 0 Å². The van der Waals surface area contributed by atoms with Gasteiger partial charge in [-0.25, -0.2) is 0 Å². The van der Waals surface area contributed by atoms with Crippen molar-refractivity contribution in [2.24, 2.45) is 0 Å². The van der Waals surface area contributed by atoms with Crippen LogP contribution in [0.4, 0.5) is 0 Å². The number of rotatable bonds is 1. The van der Waals surface area contributed by atoms with Gasteiger partial charge < -0.3 is 15.0 Å². The molecule has 0 radical (unpaired) electrons. The lowest BCUT2D eigenvalue weighted by Gasteiger charge is -2.33. The molecule has 2 heterocycles. The Hall–Kier alpha value is -1.10. The van der Waals surface area contributed by atoms with Crippen LogP contribution in [0, 0.1) is 0 Å². The van der Waals surface area contributed by atoms with Crippen LogP contribution < -0.4 is 5.32 Å². The van der Waals surface area contributed by atoms with Gasteiger partial charge in [-0.1, -0.05) is 0 Å². The first-order chi connectivity index (χ1) is 7.12. The third-order valence-electron chi connectivity index (χ3n) is 3.00. The van der Waals surface area contributed by atoms with Crippen molar-refractivity contribution in [1.82, 2.24) is 10.2 Å². The van der Waals surface area contributed by atoms with Crippen molar-refractivity contribution >= 4 is 11.8 Å². The van der Waals surface area contributed by atoms with Crippen LogP contribution in [-0.4, -0.2) is 48.6 Å². The normalized spacial score (nSPS) is 31.5. The average molecular weight is 212 g/mol. The van der Waals surface area contributed by atoms with E-state index in [4.69, 9.17) is 4.74 Å². The zero-order chi connectivity index (χ0) is 10.9. The van der Waals surface area contributed by atoms with Gasteiger partial charge in [-0.2, -0.15) is 0 Å². The fourth-order valence-corrected chi connectivity index (χ4v) is 2.09. The molecule has 1 unspecified atom stereocenters. The van der Waals surface area contributed by atoms with Crippen molar-refractivity contribution in [3.05, 3.63) is 0 Å². The van der Waals surface area contributed by atoms with Gasteiger partial charge in [0.05, 0.1) is 6.54 Å². The molecular weight excluding hydrogens is 196 g/mol. The summed E-state index contributed by atoms with van der Waals surface area (Å²) in [4.78, 5) is 24.8. The Balaban J connectivity index is 2.03. The van der Waals surface area contributed by atoms with Gasteiger partial charge in [-0.15, -0.1) is 0 Å². The Bertz CT molecular complexity index is 284. The molecule has 2 fully saturated rings. The summed E-state index contributed by atoms with van der Waals surface area (Å²) in [6.45, 7) is 3.75. The summed E-state index contributed by atoms with van der Waals surface area (Å²) in [5, 5.41) is 2.70. The first-order valence-corrected chi connectivity index (χ1v) is 5.32. The van der Waals surface area contributed by atoms with Crippen molar-refractivity contribution in [3.63, 3.8) is 0 Å². The molecule has 84 valence electrons. The number of nitrogens with one attached hydrogen (secondary N) is 1. The highest BCUT2D eigenvalue weighted by Crippen LogP contribution is 2.27. The molecule has 5 heteroatoms. The van der Waals surface area contributed by atoms with E-state index in [-0.39, 0.29) is 18.4 Å². The summed E-state index contributed by atoms with van der Waals surface area (Å²) in [7, 11) is 0. The number of piperazine rings is 1. The molecule has 2 aliphatic rings. The third kappa shape index (κ3) is 1.97. The highest BCUT2D eigenvalue weighted by molar-refractivity contribution is 5.90. The van der Waals surface area contributed by atoms with Crippen LogP contribution in [-0.2, 0) is 14.3 Å². The molecule has 2 amide bonds. The Morgan fingerprint density at radius 1 is 1.60 bits per heavy atom. The minimum Gasteiger partial charge on any atom is -0.365 e. The lowest BCUT2D eigenvalue weighted by molar-refractivity contribution is -0.154. The summed E-state index contributed by atoms with van der Waals surface area (Å²) >= 11 is 0. The molecule has 15 heavy (non-hydrogen) atoms. The van der Waals surface area contributed by atoms with Crippen LogP contribution in [0.5, 0.6) is 0 Å². The molecule has 1 atom stereocenters. The lowest BCUT2D eigenvalue weighted by atomic mass is 10.0. The third-order valence-corrected chi connectivity index (χ3v) is 3.00. The van der Waals surface area contributed by atoms with Gasteiger partial charge in [0, 0.05) is 19.7 Å². The van der Waals surface area contributed by atoms with Crippen molar-refractivity contribution in [3.8, 4) is 0 Å². The predicted octanol–water partition coefficient (Wildman–Crippen LogP) is -0.486. The Labute approximate surface area is 88.8 Å². The number of hydrogen-bond donors (Lipinski definition) is 1. The first-order valence-electron chi connectivity index (χ1n) is 5.32. The molecule has 0 aromatic carbocycles. The van der Waals surface area contributed by atoms with E-state index in [9.17, 15) is 9.59 Å². The SMILES string of the molecule is CC1(C(=O)N2CCNC(=O)C2)CCCO1. The van der Waals surface area contributed by atoms with Crippen LogP contribution in [0.2, 0.25) is 0 Å². The maximum Gasteiger partial charge on any atom is 0.255 e. The highest BCUT2D eigenvalue weighted by Gasteiger charge is 2.41. The van der Waals surface area contributed by atoms with E-state index in [1.165, 1.54) is 0 Å². The largest absolute Gasteiger partial charge is 0.365 e. The van der Waals surface area contributed by atoms with Crippen molar-refractivity contribution in [1.29, 1.82) is 0 Å². The topological polar surface area (TPSA) is 58.6 Å². The number of nitrogens with zero attached hydrogens (tertiary/aromatic N) is 1. The second-order valence-electron chi connectivity index (χ2n) is 4.26. The van der Waals surface area contributed by atoms with Crippen LogP contribution in [0.3, 0.4) is 0 Å². The number of amides is 2. The van der Waals surface area contributed by atoms with Gasteiger partial charge in [0.1, 0.15) is 5.60 Å². The summed E-state index contributed by atoms with van der Waals surface area (Å²) < 4.78 is 5.47. The predicted molar refractivity (Wildman–Crippen MR) is 53.2 cm³/mol. The fraction of sp³-hybridized carbons (Fsp3) is 0.800. The van der Waals surface area contributed by atoms with Gasteiger partial charge in [0.2, 0.25) is 5.91 Å². The molecule has 5 nitrogen and oxygen atoms in total. The number of hydrogen-bond acceptors (Lipinski definition) is 3. The number of ether oxygens (including phenoxy) is 1. The van der Waals surface area contributed by atoms with Gasteiger partial charge in [0.15, 0.2) is 0 Å². The second kappa shape index (κ2) is 3.81. The van der Waals surface area contributed by atoms with Gasteiger partial charge in [0.25, 0.3) is 5.91 Å². The van der Waals surface area contributed by atoms with E-state index in [1.807, 2.05) is 6.92 Å². The van der Waals surface area contributed by atoms with Gasteiger partial charge >= 0.3 is 0 Å². The summed E-state index contributed by atoms with van der Waals surface area (Å²) in [5.41, 5.74) is -0.697. The van der Waals surface area contributed by atoms with Crippen LogP contribution in [0.25, 0.3) is 0 Å². The smallest absolute Gasteiger partial charge is 0.255 e. The molecule has 2 aliphatic heterocycles. The van der Waals surface area contributed by atoms with E-state index in [0.29, 0.717) is 19.7 Å². The highest BCUT2D eigenvalue weighted by atomic mass is 16.5. The zero-order valence-corrected chi connectivity index (χ0v) is 8.91. The molecule has 0 aromatic heterocycles. The Kier molecular flexibility index (Phi) is 2.65. The Morgan fingerprint density at radius 2 is 2.40 bits per heavy atom. The molecule has 1 N–H and O–H groups in total. The summed E-state index contributed by atoms with van der Waals surface area (Å²) in [5.74, 6) is -0.133. The van der Waals surface area contributed by atoms with E-state index in [0.717, 1.165) is 12.8 Å². The molecule has 0 spiro atoms. The monoisotopic (exact) mass is 212 g/mol. The van der Waals surface area contributed by atoms with Crippen molar-refractivity contribution in [2.75, 3.05) is 26.2 Å². The molecule has 0 bridgehead atoms. The van der Waals surface area contributed by atoms with Crippen LogP contribution in [0.1, 0.15) is 19.8 Å². The standard InChI is InChI=1S/C10H16N2O3/c1-10(3-2-6-15-10)9(14)12-5-4-11-8(13)7-12/h2-7H2,1H3,(H,11,13). The minimum absolute atomic E-state index is 0.0464. The Morgan fingerprint density at radius 3 is 3.00 bits per heavy atom. The molecule has 0 saturated carbocycles. The van der Waals surface area contributed by atoms with Crippen molar-refractivity contribution in [2.45, 2.75) is 25.4 Å². The van der Waals surface area contributed by atoms with E-state index < -0.39 is 5.60 Å².